The highest BCUT2D eigenvalue weighted by molar-refractivity contribution is 9.10. The fourth-order valence-electron chi connectivity index (χ4n) is 0.656. The minimum Gasteiger partial charge on any atom is -0.375 e. The number of hydrogen-bond acceptors (Lipinski definition) is 4. The highest BCUT2D eigenvalue weighted by atomic mass is 79.9. The number of aromatic nitrogens is 1. The second kappa shape index (κ2) is 4.64. The first kappa shape index (κ1) is 10.6. The summed E-state index contributed by atoms with van der Waals surface area (Å²) in [5.74, 6) is 0. The predicted octanol–water partition coefficient (Wildman–Crippen LogP) is 1.46. The molecule has 0 aliphatic rings. The molecule has 0 amide bonds. The Morgan fingerprint density at radius 2 is 2.54 bits per heavy atom. The summed E-state index contributed by atoms with van der Waals surface area (Å²) in [5.41, 5.74) is 9.25. The monoisotopic (exact) mass is 278 g/mol. The van der Waals surface area contributed by atoms with Crippen LogP contribution in [0, 0.1) is 0 Å². The summed E-state index contributed by atoms with van der Waals surface area (Å²) in [6.07, 6.45) is 0. The lowest BCUT2D eigenvalue weighted by atomic mass is 10.3. The van der Waals surface area contributed by atoms with E-state index < -0.39 is 0 Å². The van der Waals surface area contributed by atoms with Gasteiger partial charge >= 0.3 is 0 Å². The quantitative estimate of drug-likeness (QED) is 0.489. The fourth-order valence-corrected chi connectivity index (χ4v) is 2.04. The van der Waals surface area contributed by atoms with Gasteiger partial charge < -0.3 is 5.73 Å². The third-order valence-corrected chi connectivity index (χ3v) is 2.83. The molecule has 0 fully saturated rings. The van der Waals surface area contributed by atoms with Gasteiger partial charge in [-0.2, -0.15) is 9.47 Å². The van der Waals surface area contributed by atoms with Crippen LogP contribution in [0.15, 0.2) is 15.0 Å². The van der Waals surface area contributed by atoms with Crippen molar-refractivity contribution in [1.82, 2.24) is 9.80 Å². The lowest BCUT2D eigenvalue weighted by Crippen LogP contribution is -2.25. The smallest absolute Gasteiger partial charge is 0.184 e. The van der Waals surface area contributed by atoms with E-state index >= 15 is 0 Å². The SMILES string of the molecule is C/C(=N/NC(N)=S)c1nscc1Br. The first-order valence-electron chi connectivity index (χ1n) is 3.31. The number of thiocarbonyl (C=S) groups is 1. The molecule has 1 heterocycles. The van der Waals surface area contributed by atoms with Crippen molar-refractivity contribution >= 4 is 50.5 Å². The average Bonchev–Trinajstić information content (AvgIpc) is 2.47. The summed E-state index contributed by atoms with van der Waals surface area (Å²) in [5, 5.41) is 5.97. The van der Waals surface area contributed by atoms with Crippen molar-refractivity contribution in [2.45, 2.75) is 6.92 Å². The van der Waals surface area contributed by atoms with Crippen molar-refractivity contribution in [3.63, 3.8) is 0 Å². The van der Waals surface area contributed by atoms with Crippen LogP contribution in [0.1, 0.15) is 12.6 Å². The van der Waals surface area contributed by atoms with Crippen LogP contribution in [-0.2, 0) is 0 Å². The second-order valence-corrected chi connectivity index (χ2v) is 4.11. The van der Waals surface area contributed by atoms with Crippen LogP contribution in [0.5, 0.6) is 0 Å². The molecular weight excluding hydrogens is 272 g/mol. The molecule has 4 nitrogen and oxygen atoms in total. The number of hydrogen-bond donors (Lipinski definition) is 2. The molecule has 0 unspecified atom stereocenters. The van der Waals surface area contributed by atoms with Gasteiger partial charge in [-0.15, -0.1) is 0 Å². The minimum atomic E-state index is 0.144. The van der Waals surface area contributed by atoms with Gasteiger partial charge in [-0.05, 0) is 46.6 Å². The molecule has 70 valence electrons. The molecule has 7 heteroatoms. The van der Waals surface area contributed by atoms with Crippen molar-refractivity contribution in [3.05, 3.63) is 15.5 Å². The van der Waals surface area contributed by atoms with Gasteiger partial charge in [0.05, 0.1) is 10.2 Å². The first-order chi connectivity index (χ1) is 6.11. The summed E-state index contributed by atoms with van der Waals surface area (Å²) in [6, 6.07) is 0. The van der Waals surface area contributed by atoms with Crippen LogP contribution < -0.4 is 11.2 Å². The Morgan fingerprint density at radius 1 is 1.85 bits per heavy atom. The number of nitrogens with two attached hydrogens (primary N) is 1. The normalized spacial score (nSPS) is 11.4. The molecule has 13 heavy (non-hydrogen) atoms. The van der Waals surface area contributed by atoms with E-state index in [0.717, 1.165) is 15.9 Å². The molecule has 0 aliphatic heterocycles. The summed E-state index contributed by atoms with van der Waals surface area (Å²) in [6.45, 7) is 1.82. The van der Waals surface area contributed by atoms with E-state index in [4.69, 9.17) is 5.73 Å². The maximum atomic E-state index is 5.22. The van der Waals surface area contributed by atoms with E-state index in [9.17, 15) is 0 Å². The number of nitrogens with zero attached hydrogens (tertiary/aromatic N) is 2. The molecule has 1 aromatic rings. The van der Waals surface area contributed by atoms with Gasteiger partial charge in [0.2, 0.25) is 0 Å². The van der Waals surface area contributed by atoms with Crippen molar-refractivity contribution < 1.29 is 0 Å². The Bertz CT molecular complexity index is 346. The molecule has 0 atom stereocenters. The van der Waals surface area contributed by atoms with Crippen molar-refractivity contribution in [2.75, 3.05) is 0 Å². The van der Waals surface area contributed by atoms with Crippen LogP contribution in [0.2, 0.25) is 0 Å². The predicted molar refractivity (Wildman–Crippen MR) is 61.9 cm³/mol. The topological polar surface area (TPSA) is 63.3 Å². The largest absolute Gasteiger partial charge is 0.375 e. The first-order valence-corrected chi connectivity index (χ1v) is 5.35. The van der Waals surface area contributed by atoms with Crippen molar-refractivity contribution in [1.29, 1.82) is 0 Å². The fraction of sp³-hybridized carbons (Fsp3) is 0.167. The van der Waals surface area contributed by atoms with Crippen molar-refractivity contribution in [3.8, 4) is 0 Å². The van der Waals surface area contributed by atoms with Crippen LogP contribution in [0.3, 0.4) is 0 Å². The van der Waals surface area contributed by atoms with Crippen LogP contribution in [0.4, 0.5) is 0 Å². The third kappa shape index (κ3) is 3.02. The molecule has 0 saturated heterocycles. The van der Waals surface area contributed by atoms with Gasteiger partial charge in [0.1, 0.15) is 5.69 Å². The lowest BCUT2D eigenvalue weighted by Gasteiger charge is -1.98. The molecule has 0 saturated carbocycles. The van der Waals surface area contributed by atoms with Gasteiger partial charge in [0.25, 0.3) is 0 Å². The zero-order chi connectivity index (χ0) is 9.84. The molecule has 0 aliphatic carbocycles. The Kier molecular flexibility index (Phi) is 3.76. The van der Waals surface area contributed by atoms with Gasteiger partial charge in [-0.1, -0.05) is 0 Å². The Labute approximate surface area is 93.5 Å². The summed E-state index contributed by atoms with van der Waals surface area (Å²) >= 11 is 9.31. The van der Waals surface area contributed by atoms with E-state index in [0.29, 0.717) is 0 Å². The maximum Gasteiger partial charge on any atom is 0.184 e. The van der Waals surface area contributed by atoms with Crippen LogP contribution >= 0.6 is 39.7 Å². The van der Waals surface area contributed by atoms with E-state index in [-0.39, 0.29) is 5.11 Å². The van der Waals surface area contributed by atoms with Gasteiger partial charge in [0.15, 0.2) is 5.11 Å². The lowest BCUT2D eigenvalue weighted by molar-refractivity contribution is 1.03. The highest BCUT2D eigenvalue weighted by Crippen LogP contribution is 2.17. The number of halogens is 1. The zero-order valence-corrected chi connectivity index (χ0v) is 9.96. The average molecular weight is 279 g/mol. The molecule has 0 bridgehead atoms. The van der Waals surface area contributed by atoms with E-state index in [1.807, 2.05) is 12.3 Å². The summed E-state index contributed by atoms with van der Waals surface area (Å²) in [4.78, 5) is 0. The second-order valence-electron chi connectivity index (χ2n) is 2.18. The third-order valence-electron chi connectivity index (χ3n) is 1.20. The molecular formula is C6H7BrN4S2. The van der Waals surface area contributed by atoms with Crippen molar-refractivity contribution in [2.24, 2.45) is 10.8 Å². The Balaban J connectivity index is 2.78. The Morgan fingerprint density at radius 3 is 3.00 bits per heavy atom. The van der Waals surface area contributed by atoms with Gasteiger partial charge in [0, 0.05) is 5.38 Å². The Hall–Kier alpha value is -0.530. The van der Waals surface area contributed by atoms with Crippen LogP contribution in [-0.4, -0.2) is 15.2 Å². The molecule has 0 radical (unpaired) electrons. The molecule has 1 rings (SSSR count). The molecule has 0 aromatic carbocycles. The van der Waals surface area contributed by atoms with Gasteiger partial charge in [-0.25, -0.2) is 0 Å². The summed E-state index contributed by atoms with van der Waals surface area (Å²) in [7, 11) is 0. The van der Waals surface area contributed by atoms with Gasteiger partial charge in [-0.3, -0.25) is 5.43 Å². The van der Waals surface area contributed by atoms with E-state index in [2.05, 4.69) is 43.0 Å². The summed E-state index contributed by atoms with van der Waals surface area (Å²) < 4.78 is 5.05. The molecule has 0 spiro atoms. The van der Waals surface area contributed by atoms with Crippen LogP contribution in [0.25, 0.3) is 0 Å². The zero-order valence-electron chi connectivity index (χ0n) is 6.74. The van der Waals surface area contributed by atoms with E-state index in [1.165, 1.54) is 11.5 Å². The molecule has 1 aromatic heterocycles. The number of nitrogens with one attached hydrogen (secondary N) is 1. The standard InChI is InChI=1S/C6H7BrN4S2/c1-3(9-10-6(8)12)5-4(7)2-13-11-5/h2H,1H3,(H3,8,10,12)/b9-3-. The van der Waals surface area contributed by atoms with E-state index in [1.54, 1.807) is 0 Å². The maximum absolute atomic E-state index is 5.22. The number of rotatable bonds is 2. The molecule has 3 N–H and O–H groups in total. The highest BCUT2D eigenvalue weighted by Gasteiger charge is 2.05. The minimum absolute atomic E-state index is 0.144. The number of hydrazone groups is 1.